The van der Waals surface area contributed by atoms with Crippen molar-refractivity contribution >= 4 is 0 Å². The minimum Gasteiger partial charge on any atom is -0.0735 e. The Labute approximate surface area is 99.4 Å². The second-order valence-corrected chi connectivity index (χ2v) is 4.42. The molecule has 0 radical (unpaired) electrons. The average molecular weight is 176 g/mol. The summed E-state index contributed by atoms with van der Waals surface area (Å²) < 4.78 is 0. The van der Waals surface area contributed by atoms with Crippen LogP contribution in [0.25, 0.3) is 0 Å². The average Bonchev–Trinajstić information content (AvgIpc) is 1.87. The second-order valence-electron chi connectivity index (χ2n) is 4.42. The molecular formula is C10H16Ar. The van der Waals surface area contributed by atoms with E-state index in [1.54, 1.807) is 11.1 Å². The van der Waals surface area contributed by atoms with E-state index in [0.29, 0.717) is 5.41 Å². The van der Waals surface area contributed by atoms with Gasteiger partial charge >= 0.3 is 0 Å². The van der Waals surface area contributed by atoms with Gasteiger partial charge in [0.05, 0.1) is 0 Å². The maximum atomic E-state index is 2.40. The molecule has 0 N–H and O–H groups in total. The third kappa shape index (κ3) is 1.32. The molecule has 0 aliphatic heterocycles. The maximum Gasteiger partial charge on any atom is 0 e. The summed E-state index contributed by atoms with van der Waals surface area (Å²) in [6.45, 7) is 7.12. The summed E-state index contributed by atoms with van der Waals surface area (Å²) in [5, 5.41) is 0. The van der Waals surface area contributed by atoms with Crippen molar-refractivity contribution in [2.45, 2.75) is 40.0 Å². The van der Waals surface area contributed by atoms with Crippen molar-refractivity contribution in [1.82, 2.24) is 0 Å². The first-order valence-corrected chi connectivity index (χ1v) is 4.31. The summed E-state index contributed by atoms with van der Waals surface area (Å²) in [6.07, 6.45) is 4.24. The Bertz CT molecular complexity index is 201. The van der Waals surface area contributed by atoms with Crippen molar-refractivity contribution in [2.75, 3.05) is 0 Å². The van der Waals surface area contributed by atoms with Crippen LogP contribution in [0.2, 0.25) is 0 Å². The van der Waals surface area contributed by atoms with Crippen molar-refractivity contribution in [1.29, 1.82) is 0 Å². The molecule has 3 aliphatic rings. The molecule has 64 valence electrons. The van der Waals surface area contributed by atoms with E-state index in [1.807, 2.05) is 0 Å². The Morgan fingerprint density at radius 2 is 2.00 bits per heavy atom. The fraction of sp³-hybridized carbons (Fsp3) is 0.800. The van der Waals surface area contributed by atoms with Crippen LogP contribution >= 0.6 is 0 Å². The zero-order valence-corrected chi connectivity index (χ0v) is 8.26. The minimum absolute atomic E-state index is 0. The molecule has 0 heterocycles. The van der Waals surface area contributed by atoms with Gasteiger partial charge in [-0.3, -0.25) is 0 Å². The van der Waals surface area contributed by atoms with Gasteiger partial charge in [0, 0.05) is 37.7 Å². The number of allylic oxidation sites excluding steroid dienone is 2. The van der Waals surface area contributed by atoms with Crippen molar-refractivity contribution in [3.8, 4) is 0 Å². The number of rotatable bonds is 0. The largest absolute Gasteiger partial charge is 0.0735 e. The van der Waals surface area contributed by atoms with Gasteiger partial charge in [0.2, 0.25) is 0 Å². The summed E-state index contributed by atoms with van der Waals surface area (Å²) in [5.41, 5.74) is 4.04. The van der Waals surface area contributed by atoms with Gasteiger partial charge in [0.15, 0.2) is 0 Å². The Balaban J connectivity index is 0.000000605. The quantitative estimate of drug-likeness (QED) is 0.497. The molecule has 1 saturated carbocycles. The van der Waals surface area contributed by atoms with Gasteiger partial charge in [-0.2, -0.15) is 0 Å². The van der Waals surface area contributed by atoms with Crippen LogP contribution < -0.4 is 0 Å². The van der Waals surface area contributed by atoms with E-state index in [1.165, 1.54) is 19.3 Å². The van der Waals surface area contributed by atoms with Gasteiger partial charge in [-0.25, -0.2) is 0 Å². The summed E-state index contributed by atoms with van der Waals surface area (Å²) in [7, 11) is 0. The van der Waals surface area contributed by atoms with Gasteiger partial charge in [0.25, 0.3) is 0 Å². The van der Waals surface area contributed by atoms with Crippen LogP contribution in [0, 0.1) is 49.1 Å². The van der Waals surface area contributed by atoms with Crippen molar-refractivity contribution in [2.24, 2.45) is 11.3 Å². The molecule has 0 aromatic rings. The predicted molar refractivity (Wildman–Crippen MR) is 43.8 cm³/mol. The van der Waals surface area contributed by atoms with Crippen LogP contribution in [0.3, 0.4) is 0 Å². The summed E-state index contributed by atoms with van der Waals surface area (Å²) in [6, 6.07) is 0. The van der Waals surface area contributed by atoms with Gasteiger partial charge in [0.1, 0.15) is 0 Å². The number of fused-ring (bicyclic) bond motifs is 2. The first-order chi connectivity index (χ1) is 4.62. The van der Waals surface area contributed by atoms with Gasteiger partial charge in [-0.1, -0.05) is 25.0 Å². The SMILES string of the molecule is CC1=C2CC(CC1)C2(C)C.[Ar]. The zero-order valence-electron chi connectivity index (χ0n) is 7.55. The molecule has 1 unspecified atom stereocenters. The zero-order chi connectivity index (χ0) is 7.35. The Kier molecular flexibility index (Phi) is 2.79. The molecule has 1 heteroatoms. The molecule has 0 aromatic heterocycles. The van der Waals surface area contributed by atoms with Crippen LogP contribution in [0.4, 0.5) is 0 Å². The van der Waals surface area contributed by atoms with Crippen LogP contribution in [0.15, 0.2) is 11.1 Å². The minimum atomic E-state index is 0. The molecule has 0 amide bonds. The standard InChI is InChI=1S/C10H16.Ar/c1-7-4-5-8-6-9(7)10(8,2)3;/h8H,4-6H2,1-3H3;. The molecule has 0 spiro atoms. The Morgan fingerprint density at radius 1 is 1.36 bits per heavy atom. The van der Waals surface area contributed by atoms with E-state index in [2.05, 4.69) is 20.8 Å². The smallest absolute Gasteiger partial charge is 0 e. The van der Waals surface area contributed by atoms with E-state index in [-0.39, 0.29) is 37.7 Å². The number of hydrogen-bond acceptors (Lipinski definition) is 0. The third-order valence-electron chi connectivity index (χ3n) is 3.63. The van der Waals surface area contributed by atoms with Crippen LogP contribution in [-0.4, -0.2) is 0 Å². The monoisotopic (exact) mass is 176 g/mol. The van der Waals surface area contributed by atoms with E-state index in [9.17, 15) is 0 Å². The molecule has 1 fully saturated rings. The van der Waals surface area contributed by atoms with Crippen LogP contribution in [0.5, 0.6) is 0 Å². The first-order valence-electron chi connectivity index (χ1n) is 4.31. The van der Waals surface area contributed by atoms with Gasteiger partial charge in [-0.05, 0) is 37.5 Å². The maximum absolute atomic E-state index is 2.40. The molecule has 3 aliphatic carbocycles. The van der Waals surface area contributed by atoms with Crippen molar-refractivity contribution in [3.63, 3.8) is 0 Å². The topological polar surface area (TPSA) is 0 Å². The number of hydrogen-bond donors (Lipinski definition) is 0. The molecule has 11 heavy (non-hydrogen) atoms. The molecule has 0 aromatic carbocycles. The fourth-order valence-electron chi connectivity index (χ4n) is 2.61. The molecule has 0 saturated heterocycles. The normalized spacial score (nSPS) is 32.5. The molecule has 0 nitrogen and oxygen atoms in total. The Morgan fingerprint density at radius 3 is 2.27 bits per heavy atom. The molecule has 1 atom stereocenters. The van der Waals surface area contributed by atoms with E-state index >= 15 is 0 Å². The molecular weight excluding hydrogens is 160 g/mol. The Hall–Kier alpha value is 1.000. The van der Waals surface area contributed by atoms with Crippen molar-refractivity contribution in [3.05, 3.63) is 11.1 Å². The second kappa shape index (κ2) is 3.05. The summed E-state index contributed by atoms with van der Waals surface area (Å²) >= 11 is 0. The van der Waals surface area contributed by atoms with Gasteiger partial charge in [-0.15, -0.1) is 0 Å². The van der Waals surface area contributed by atoms with E-state index < -0.39 is 0 Å². The van der Waals surface area contributed by atoms with Crippen molar-refractivity contribution < 1.29 is 37.7 Å². The summed E-state index contributed by atoms with van der Waals surface area (Å²) in [4.78, 5) is 0. The van der Waals surface area contributed by atoms with Gasteiger partial charge < -0.3 is 0 Å². The predicted octanol–water partition coefficient (Wildman–Crippen LogP) is 3.14. The molecule has 3 rings (SSSR count). The summed E-state index contributed by atoms with van der Waals surface area (Å²) in [5.74, 6) is 1.02. The van der Waals surface area contributed by atoms with Crippen LogP contribution in [-0.2, 0) is 0 Å². The van der Waals surface area contributed by atoms with Crippen LogP contribution in [0.1, 0.15) is 40.0 Å². The van der Waals surface area contributed by atoms with E-state index in [0.717, 1.165) is 5.92 Å². The van der Waals surface area contributed by atoms with E-state index in [4.69, 9.17) is 0 Å². The fourth-order valence-corrected chi connectivity index (χ4v) is 2.61. The third-order valence-corrected chi connectivity index (χ3v) is 3.63. The first kappa shape index (κ1) is 10.1. The molecule has 2 bridgehead atoms.